The number of benzene rings is 2. The van der Waals surface area contributed by atoms with Gasteiger partial charge in [-0.05, 0) is 48.4 Å². The molecule has 0 fully saturated rings. The average Bonchev–Trinajstić information content (AvgIpc) is 3.04. The first-order valence-electron chi connectivity index (χ1n) is 7.90. The van der Waals surface area contributed by atoms with Crippen molar-refractivity contribution in [2.24, 2.45) is 0 Å². The molecule has 3 aromatic rings. The Labute approximate surface area is 153 Å². The van der Waals surface area contributed by atoms with E-state index in [0.717, 1.165) is 39.8 Å². The highest BCUT2D eigenvalue weighted by Gasteiger charge is 2.23. The first kappa shape index (κ1) is 15.8. The van der Waals surface area contributed by atoms with Gasteiger partial charge in [0.05, 0.1) is 5.52 Å². The monoisotopic (exact) mass is 394 g/mol. The standard InChI is InChI=1S/C19H15BrN4O/c1-2-18(25)23-14-5-6-16-15(10-14)19(22-11-21-16)24-8-7-12-3-4-13(20)9-17(12)24/h2-6,9-11H,1,7-8H2,(H,23,25). The second-order valence-corrected chi connectivity index (χ2v) is 6.71. The van der Waals surface area contributed by atoms with E-state index in [1.54, 1.807) is 6.33 Å². The molecule has 2 aromatic carbocycles. The van der Waals surface area contributed by atoms with Crippen LogP contribution in [-0.4, -0.2) is 22.4 Å². The summed E-state index contributed by atoms with van der Waals surface area (Å²) in [5.74, 6) is 0.602. The molecule has 1 aromatic heterocycles. The number of nitrogens with one attached hydrogen (secondary N) is 1. The van der Waals surface area contributed by atoms with Gasteiger partial charge in [0.25, 0.3) is 0 Å². The molecule has 0 aliphatic carbocycles. The zero-order valence-corrected chi connectivity index (χ0v) is 15.0. The fraction of sp³-hybridized carbons (Fsp3) is 0.105. The molecule has 0 radical (unpaired) electrons. The maximum atomic E-state index is 11.6. The topological polar surface area (TPSA) is 58.1 Å². The van der Waals surface area contributed by atoms with E-state index in [2.05, 4.69) is 60.9 Å². The van der Waals surface area contributed by atoms with Gasteiger partial charge in [-0.2, -0.15) is 0 Å². The lowest BCUT2D eigenvalue weighted by Gasteiger charge is -2.20. The smallest absolute Gasteiger partial charge is 0.247 e. The highest BCUT2D eigenvalue weighted by Crippen LogP contribution is 2.38. The summed E-state index contributed by atoms with van der Waals surface area (Å²) in [6.45, 7) is 4.35. The van der Waals surface area contributed by atoms with Crippen molar-refractivity contribution in [1.29, 1.82) is 0 Å². The fourth-order valence-corrected chi connectivity index (χ4v) is 3.45. The molecule has 1 aliphatic heterocycles. The molecule has 1 aliphatic rings. The number of nitrogens with zero attached hydrogens (tertiary/aromatic N) is 3. The highest BCUT2D eigenvalue weighted by molar-refractivity contribution is 9.10. The third-order valence-corrected chi connectivity index (χ3v) is 4.76. The lowest BCUT2D eigenvalue weighted by molar-refractivity contribution is -0.111. The molecule has 1 amide bonds. The van der Waals surface area contributed by atoms with Gasteiger partial charge < -0.3 is 10.2 Å². The van der Waals surface area contributed by atoms with Crippen LogP contribution in [0.15, 0.2) is 59.9 Å². The van der Waals surface area contributed by atoms with Crippen LogP contribution in [0.1, 0.15) is 5.56 Å². The number of fused-ring (bicyclic) bond motifs is 2. The van der Waals surface area contributed by atoms with Crippen LogP contribution in [-0.2, 0) is 11.2 Å². The Bertz CT molecular complexity index is 1000. The van der Waals surface area contributed by atoms with E-state index in [0.29, 0.717) is 5.69 Å². The predicted octanol–water partition coefficient (Wildman–Crippen LogP) is 4.21. The minimum Gasteiger partial charge on any atom is -0.325 e. The molecular formula is C19H15BrN4O. The van der Waals surface area contributed by atoms with Gasteiger partial charge in [-0.25, -0.2) is 9.97 Å². The second kappa shape index (κ2) is 6.29. The number of rotatable bonds is 3. The third kappa shape index (κ3) is 2.89. The molecule has 0 atom stereocenters. The van der Waals surface area contributed by atoms with Crippen molar-refractivity contribution in [1.82, 2.24) is 9.97 Å². The summed E-state index contributed by atoms with van der Waals surface area (Å²) >= 11 is 3.55. The first-order chi connectivity index (χ1) is 12.2. The Morgan fingerprint density at radius 1 is 1.24 bits per heavy atom. The van der Waals surface area contributed by atoms with Crippen LogP contribution in [0.5, 0.6) is 0 Å². The molecular weight excluding hydrogens is 380 g/mol. The summed E-state index contributed by atoms with van der Waals surface area (Å²) in [6, 6.07) is 11.9. The number of amides is 1. The molecule has 2 heterocycles. The summed E-state index contributed by atoms with van der Waals surface area (Å²) in [5.41, 5.74) is 3.98. The zero-order valence-electron chi connectivity index (χ0n) is 13.4. The number of carbonyl (C=O) groups is 1. The molecule has 1 N–H and O–H groups in total. The van der Waals surface area contributed by atoms with Gasteiger partial charge in [0.2, 0.25) is 5.91 Å². The zero-order chi connectivity index (χ0) is 17.4. The Balaban J connectivity index is 1.83. The van der Waals surface area contributed by atoms with E-state index in [1.807, 2.05) is 18.2 Å². The lowest BCUT2D eigenvalue weighted by Crippen LogP contribution is -2.15. The maximum Gasteiger partial charge on any atom is 0.247 e. The van der Waals surface area contributed by atoms with Crippen molar-refractivity contribution in [3.05, 3.63) is 65.4 Å². The van der Waals surface area contributed by atoms with Gasteiger partial charge in [0, 0.05) is 27.8 Å². The number of halogens is 1. The summed E-state index contributed by atoms with van der Waals surface area (Å²) in [6.07, 6.45) is 3.80. The van der Waals surface area contributed by atoms with Gasteiger partial charge >= 0.3 is 0 Å². The van der Waals surface area contributed by atoms with Gasteiger partial charge in [0.15, 0.2) is 0 Å². The van der Waals surface area contributed by atoms with Crippen LogP contribution < -0.4 is 10.2 Å². The minimum absolute atomic E-state index is 0.242. The third-order valence-electron chi connectivity index (χ3n) is 4.27. The Morgan fingerprint density at radius 2 is 2.12 bits per heavy atom. The molecule has 25 heavy (non-hydrogen) atoms. The van der Waals surface area contributed by atoms with Crippen LogP contribution in [0.3, 0.4) is 0 Å². The second-order valence-electron chi connectivity index (χ2n) is 5.80. The Kier molecular flexibility index (Phi) is 3.97. The predicted molar refractivity (Wildman–Crippen MR) is 103 cm³/mol. The average molecular weight is 395 g/mol. The highest BCUT2D eigenvalue weighted by atomic mass is 79.9. The van der Waals surface area contributed by atoms with Crippen LogP contribution in [0.25, 0.3) is 10.9 Å². The molecule has 0 spiro atoms. The van der Waals surface area contributed by atoms with Crippen LogP contribution in [0.4, 0.5) is 17.2 Å². The molecule has 4 rings (SSSR count). The summed E-state index contributed by atoms with van der Waals surface area (Å²) in [7, 11) is 0. The number of hydrogen-bond acceptors (Lipinski definition) is 4. The van der Waals surface area contributed by atoms with E-state index >= 15 is 0 Å². The van der Waals surface area contributed by atoms with E-state index < -0.39 is 0 Å². The van der Waals surface area contributed by atoms with Crippen LogP contribution in [0, 0.1) is 0 Å². The van der Waals surface area contributed by atoms with Crippen molar-refractivity contribution in [3.8, 4) is 0 Å². The summed E-state index contributed by atoms with van der Waals surface area (Å²) < 4.78 is 1.04. The summed E-state index contributed by atoms with van der Waals surface area (Å²) in [4.78, 5) is 22.7. The van der Waals surface area contributed by atoms with Crippen molar-refractivity contribution in [3.63, 3.8) is 0 Å². The molecule has 0 unspecified atom stereocenters. The van der Waals surface area contributed by atoms with E-state index in [-0.39, 0.29) is 5.91 Å². The maximum absolute atomic E-state index is 11.6. The molecule has 0 bridgehead atoms. The molecule has 0 saturated carbocycles. The quantitative estimate of drug-likeness (QED) is 0.675. The van der Waals surface area contributed by atoms with Crippen molar-refractivity contribution < 1.29 is 4.79 Å². The number of aromatic nitrogens is 2. The number of hydrogen-bond donors (Lipinski definition) is 1. The van der Waals surface area contributed by atoms with Crippen molar-refractivity contribution in [2.45, 2.75) is 6.42 Å². The number of carbonyl (C=O) groups excluding carboxylic acids is 1. The van der Waals surface area contributed by atoms with E-state index in [9.17, 15) is 4.79 Å². The van der Waals surface area contributed by atoms with Crippen molar-refractivity contribution >= 4 is 49.9 Å². The van der Waals surface area contributed by atoms with Gasteiger partial charge in [-0.3, -0.25) is 4.79 Å². The van der Waals surface area contributed by atoms with Gasteiger partial charge in [0.1, 0.15) is 12.1 Å². The first-order valence-corrected chi connectivity index (χ1v) is 8.69. The lowest BCUT2D eigenvalue weighted by atomic mass is 10.1. The largest absolute Gasteiger partial charge is 0.325 e. The SMILES string of the molecule is C=CC(=O)Nc1ccc2ncnc(N3CCc4ccc(Br)cc43)c2c1. The molecule has 6 heteroatoms. The Morgan fingerprint density at radius 3 is 2.96 bits per heavy atom. The Hall–Kier alpha value is -2.73. The normalized spacial score (nSPS) is 12.9. The van der Waals surface area contributed by atoms with Gasteiger partial charge in [-0.1, -0.05) is 28.6 Å². The number of anilines is 3. The molecule has 5 nitrogen and oxygen atoms in total. The fourth-order valence-electron chi connectivity index (χ4n) is 3.10. The van der Waals surface area contributed by atoms with Gasteiger partial charge in [-0.15, -0.1) is 0 Å². The van der Waals surface area contributed by atoms with Crippen LogP contribution in [0.2, 0.25) is 0 Å². The van der Waals surface area contributed by atoms with Crippen LogP contribution >= 0.6 is 15.9 Å². The summed E-state index contributed by atoms with van der Waals surface area (Å²) in [5, 5.41) is 3.69. The van der Waals surface area contributed by atoms with E-state index in [1.165, 1.54) is 11.6 Å². The van der Waals surface area contributed by atoms with Crippen molar-refractivity contribution in [2.75, 3.05) is 16.8 Å². The molecule has 124 valence electrons. The molecule has 0 saturated heterocycles. The van der Waals surface area contributed by atoms with E-state index in [4.69, 9.17) is 0 Å². The minimum atomic E-state index is -0.242.